The summed E-state index contributed by atoms with van der Waals surface area (Å²) in [5.41, 5.74) is 0.750. The van der Waals surface area contributed by atoms with Crippen molar-refractivity contribution in [2.45, 2.75) is 25.6 Å². The summed E-state index contributed by atoms with van der Waals surface area (Å²) >= 11 is 0. The third-order valence-corrected chi connectivity index (χ3v) is 5.19. The molecule has 0 radical (unpaired) electrons. The average Bonchev–Trinajstić information content (AvgIpc) is 2.97. The number of hydrogen-bond acceptors (Lipinski definition) is 3. The van der Waals surface area contributed by atoms with Gasteiger partial charge < -0.3 is 9.84 Å². The van der Waals surface area contributed by atoms with Crippen LogP contribution >= 0.6 is 0 Å². The Balaban J connectivity index is 1.65. The minimum Gasteiger partial charge on any atom is -0.457 e. The Hall–Kier alpha value is -2.65. The fourth-order valence-electron chi connectivity index (χ4n) is 3.60. The summed E-state index contributed by atoms with van der Waals surface area (Å²) in [6, 6.07) is 23.5. The van der Waals surface area contributed by atoms with Crippen LogP contribution < -0.4 is 0 Å². The second-order valence-corrected chi connectivity index (χ2v) is 6.94. The molecule has 25 heavy (non-hydrogen) atoms. The smallest absolute Gasteiger partial charge is 0.315 e. The fraction of sp³-hybridized carbons (Fsp3) is 0.227. The van der Waals surface area contributed by atoms with E-state index in [-0.39, 0.29) is 12.1 Å². The monoisotopic (exact) mass is 332 g/mol. The molecule has 0 aromatic heterocycles. The second-order valence-electron chi connectivity index (χ2n) is 6.94. The van der Waals surface area contributed by atoms with Gasteiger partial charge in [-0.1, -0.05) is 66.7 Å². The van der Waals surface area contributed by atoms with Crippen LogP contribution in [0.3, 0.4) is 0 Å². The lowest BCUT2D eigenvalue weighted by Gasteiger charge is -2.26. The van der Waals surface area contributed by atoms with Crippen LogP contribution in [0.15, 0.2) is 72.8 Å². The summed E-state index contributed by atoms with van der Waals surface area (Å²) in [6.07, 6.45) is -0.753. The van der Waals surface area contributed by atoms with Gasteiger partial charge in [-0.05, 0) is 34.9 Å². The topological polar surface area (TPSA) is 46.5 Å². The second kappa shape index (κ2) is 6.01. The molecule has 0 bridgehead atoms. The van der Waals surface area contributed by atoms with Crippen LogP contribution in [0.25, 0.3) is 10.8 Å². The molecule has 1 aliphatic rings. The summed E-state index contributed by atoms with van der Waals surface area (Å²) in [5, 5.41) is 13.1. The molecule has 3 heteroatoms. The van der Waals surface area contributed by atoms with Crippen molar-refractivity contribution < 1.29 is 14.6 Å². The Kier molecular flexibility index (Phi) is 3.81. The maximum absolute atomic E-state index is 12.6. The number of aliphatic hydroxyl groups excluding tert-OH is 1. The third-order valence-electron chi connectivity index (χ3n) is 5.19. The van der Waals surface area contributed by atoms with Gasteiger partial charge in [-0.2, -0.15) is 0 Å². The first kappa shape index (κ1) is 15.9. The van der Waals surface area contributed by atoms with E-state index in [4.69, 9.17) is 4.74 Å². The largest absolute Gasteiger partial charge is 0.457 e. The molecule has 1 N–H and O–H groups in total. The summed E-state index contributed by atoms with van der Waals surface area (Å²) in [4.78, 5) is 12.6. The highest BCUT2D eigenvalue weighted by atomic mass is 16.6. The minimum absolute atomic E-state index is 0.311. The number of carbonyl (C=O) groups excluding carboxylic acids is 1. The van der Waals surface area contributed by atoms with Gasteiger partial charge in [0, 0.05) is 6.42 Å². The minimum atomic E-state index is -0.955. The van der Waals surface area contributed by atoms with Crippen LogP contribution in [0.4, 0.5) is 0 Å². The molecule has 1 heterocycles. The molecule has 126 valence electrons. The lowest BCUT2D eigenvalue weighted by Crippen LogP contribution is -2.30. The van der Waals surface area contributed by atoms with Crippen LogP contribution in [0.2, 0.25) is 0 Å². The van der Waals surface area contributed by atoms with Crippen molar-refractivity contribution in [2.75, 3.05) is 0 Å². The zero-order valence-corrected chi connectivity index (χ0v) is 14.1. The normalized spacial score (nSPS) is 24.2. The Labute approximate surface area is 146 Å². The maximum atomic E-state index is 12.6. The molecule has 3 atom stereocenters. The number of ether oxygens (including phenoxy) is 1. The van der Waals surface area contributed by atoms with Gasteiger partial charge in [-0.15, -0.1) is 0 Å². The Morgan fingerprint density at radius 2 is 1.68 bits per heavy atom. The fourth-order valence-corrected chi connectivity index (χ4v) is 3.60. The zero-order chi connectivity index (χ0) is 17.4. The van der Waals surface area contributed by atoms with E-state index in [1.54, 1.807) is 6.92 Å². The molecule has 0 spiro atoms. The number of hydrogen-bond donors (Lipinski definition) is 1. The molecular weight excluding hydrogens is 312 g/mol. The van der Waals surface area contributed by atoms with Gasteiger partial charge in [0.2, 0.25) is 0 Å². The summed E-state index contributed by atoms with van der Waals surface area (Å²) in [7, 11) is 0. The van der Waals surface area contributed by atoms with E-state index in [9.17, 15) is 9.90 Å². The Morgan fingerprint density at radius 3 is 2.44 bits per heavy atom. The summed E-state index contributed by atoms with van der Waals surface area (Å²) in [5.74, 6) is -0.345. The summed E-state index contributed by atoms with van der Waals surface area (Å²) < 4.78 is 5.59. The van der Waals surface area contributed by atoms with Gasteiger partial charge in [0.05, 0.1) is 11.5 Å². The van der Waals surface area contributed by atoms with Crippen LogP contribution in [0, 0.1) is 5.41 Å². The van der Waals surface area contributed by atoms with E-state index in [1.165, 1.54) is 0 Å². The van der Waals surface area contributed by atoms with Crippen LogP contribution in [-0.2, 0) is 9.53 Å². The van der Waals surface area contributed by atoms with Gasteiger partial charge >= 0.3 is 5.97 Å². The van der Waals surface area contributed by atoms with Crippen LogP contribution in [0.5, 0.6) is 0 Å². The van der Waals surface area contributed by atoms with E-state index in [2.05, 4.69) is 0 Å². The number of aliphatic hydroxyl groups is 1. The quantitative estimate of drug-likeness (QED) is 0.715. The first-order valence-electron chi connectivity index (χ1n) is 8.51. The van der Waals surface area contributed by atoms with Crippen molar-refractivity contribution in [1.29, 1.82) is 0 Å². The van der Waals surface area contributed by atoms with Gasteiger partial charge in [0.25, 0.3) is 0 Å². The van der Waals surface area contributed by atoms with Gasteiger partial charge in [0.15, 0.2) is 0 Å². The molecule has 1 aliphatic heterocycles. The van der Waals surface area contributed by atoms with Crippen molar-refractivity contribution >= 4 is 16.7 Å². The molecule has 4 rings (SSSR count). The molecule has 3 aromatic rings. The summed E-state index contributed by atoms with van der Waals surface area (Å²) in [6.45, 7) is 1.79. The van der Waals surface area contributed by atoms with Crippen LogP contribution in [0.1, 0.15) is 36.7 Å². The van der Waals surface area contributed by atoms with Gasteiger partial charge in [0.1, 0.15) is 6.10 Å². The van der Waals surface area contributed by atoms with Crippen molar-refractivity contribution in [3.05, 3.63) is 83.9 Å². The van der Waals surface area contributed by atoms with Gasteiger partial charge in [-0.25, -0.2) is 0 Å². The highest BCUT2D eigenvalue weighted by Gasteiger charge is 2.51. The number of carbonyl (C=O) groups is 1. The van der Waals surface area contributed by atoms with Crippen molar-refractivity contribution in [3.8, 4) is 0 Å². The number of benzene rings is 3. The van der Waals surface area contributed by atoms with Crippen molar-refractivity contribution in [1.82, 2.24) is 0 Å². The predicted octanol–water partition coefficient (Wildman–Crippen LogP) is 4.57. The lowest BCUT2D eigenvalue weighted by molar-refractivity contribution is -0.153. The first-order valence-corrected chi connectivity index (χ1v) is 8.51. The van der Waals surface area contributed by atoms with Crippen molar-refractivity contribution in [2.24, 2.45) is 5.41 Å². The Bertz CT molecular complexity index is 919. The lowest BCUT2D eigenvalue weighted by atomic mass is 9.77. The first-order chi connectivity index (χ1) is 12.1. The number of rotatable bonds is 3. The SMILES string of the molecule is C[C@]1([C@H](O)c2ccc3ccccc3c2)C[C@H](c2ccccc2)OC1=O. The molecule has 0 aliphatic carbocycles. The molecule has 0 unspecified atom stereocenters. The van der Waals surface area contributed by atoms with E-state index in [1.807, 2.05) is 72.8 Å². The molecule has 0 amide bonds. The molecule has 3 aromatic carbocycles. The predicted molar refractivity (Wildman–Crippen MR) is 96.9 cm³/mol. The third kappa shape index (κ3) is 2.71. The molecular formula is C22H20O3. The highest BCUT2D eigenvalue weighted by molar-refractivity contribution is 5.84. The Morgan fingerprint density at radius 1 is 1.00 bits per heavy atom. The van der Waals surface area contributed by atoms with E-state index in [0.29, 0.717) is 6.42 Å². The molecule has 1 fully saturated rings. The number of esters is 1. The molecule has 0 saturated carbocycles. The number of cyclic esters (lactones) is 1. The number of fused-ring (bicyclic) bond motifs is 1. The maximum Gasteiger partial charge on any atom is 0.315 e. The standard InChI is InChI=1S/C22H20O3/c1-22(14-19(25-21(22)24)16-8-3-2-4-9-16)20(23)18-12-11-15-7-5-6-10-17(15)13-18/h2-13,19-20,23H,14H2,1H3/t19-,20-,22-/m1/s1. The van der Waals surface area contributed by atoms with Crippen molar-refractivity contribution in [3.63, 3.8) is 0 Å². The molecule has 1 saturated heterocycles. The molecule has 3 nitrogen and oxygen atoms in total. The van der Waals surface area contributed by atoms with Crippen LogP contribution in [-0.4, -0.2) is 11.1 Å². The van der Waals surface area contributed by atoms with E-state index in [0.717, 1.165) is 21.9 Å². The van der Waals surface area contributed by atoms with E-state index < -0.39 is 11.5 Å². The average molecular weight is 332 g/mol. The van der Waals surface area contributed by atoms with E-state index >= 15 is 0 Å². The zero-order valence-electron chi connectivity index (χ0n) is 14.1. The van der Waals surface area contributed by atoms with Gasteiger partial charge in [-0.3, -0.25) is 4.79 Å². The highest BCUT2D eigenvalue weighted by Crippen LogP contribution is 2.49.